The van der Waals surface area contributed by atoms with Gasteiger partial charge in [0, 0.05) is 12.1 Å². The Morgan fingerprint density at radius 2 is 2.11 bits per heavy atom. The monoisotopic (exact) mass is 263 g/mol. The fourth-order valence-corrected chi connectivity index (χ4v) is 3.91. The van der Waals surface area contributed by atoms with E-state index < -0.39 is 5.97 Å². The molecule has 2 aliphatic carbocycles. The maximum Gasteiger partial charge on any atom is 0.339 e. The highest BCUT2D eigenvalue weighted by Crippen LogP contribution is 2.63. The highest BCUT2D eigenvalue weighted by atomic mass is 19.1. The molecule has 1 aromatic heterocycles. The van der Waals surface area contributed by atoms with Crippen molar-refractivity contribution in [2.75, 3.05) is 7.11 Å². The van der Waals surface area contributed by atoms with Crippen molar-refractivity contribution in [3.05, 3.63) is 29.3 Å². The van der Waals surface area contributed by atoms with Crippen LogP contribution in [0.2, 0.25) is 0 Å². The molecule has 19 heavy (non-hydrogen) atoms. The molecule has 0 aliphatic heterocycles. The number of aromatic nitrogens is 1. The summed E-state index contributed by atoms with van der Waals surface area (Å²) >= 11 is 0. The average molecular weight is 263 g/mol. The van der Waals surface area contributed by atoms with Gasteiger partial charge in [-0.1, -0.05) is 6.92 Å². The minimum absolute atomic E-state index is 0.176. The van der Waals surface area contributed by atoms with E-state index in [0.717, 1.165) is 18.8 Å². The van der Waals surface area contributed by atoms with Crippen molar-refractivity contribution in [2.45, 2.75) is 38.5 Å². The van der Waals surface area contributed by atoms with E-state index in [9.17, 15) is 9.18 Å². The summed E-state index contributed by atoms with van der Waals surface area (Å²) in [4.78, 5) is 15.4. The van der Waals surface area contributed by atoms with Crippen LogP contribution >= 0.6 is 0 Å². The number of nitrogens with zero attached hydrogens (tertiary/aromatic N) is 1. The number of halogens is 1. The quantitative estimate of drug-likeness (QED) is 0.768. The van der Waals surface area contributed by atoms with Crippen LogP contribution in [0.25, 0.3) is 0 Å². The first-order valence-corrected chi connectivity index (χ1v) is 6.77. The van der Waals surface area contributed by atoms with E-state index >= 15 is 0 Å². The average Bonchev–Trinajstić information content (AvgIpc) is 2.31. The van der Waals surface area contributed by atoms with E-state index in [1.165, 1.54) is 32.2 Å². The maximum absolute atomic E-state index is 14.0. The van der Waals surface area contributed by atoms with E-state index in [-0.39, 0.29) is 17.3 Å². The van der Waals surface area contributed by atoms with Gasteiger partial charge in [-0.05, 0) is 43.1 Å². The number of hydrogen-bond acceptors (Lipinski definition) is 3. The number of methoxy groups -OCH3 is 1. The Kier molecular flexibility index (Phi) is 2.84. The van der Waals surface area contributed by atoms with Crippen LogP contribution in [-0.2, 0) is 4.74 Å². The molecule has 0 unspecified atom stereocenters. The molecule has 2 aliphatic rings. The van der Waals surface area contributed by atoms with Crippen LogP contribution in [0.1, 0.15) is 54.6 Å². The third kappa shape index (κ3) is 2.03. The molecule has 0 saturated heterocycles. The van der Waals surface area contributed by atoms with Crippen LogP contribution < -0.4 is 0 Å². The Morgan fingerprint density at radius 3 is 2.63 bits per heavy atom. The Hall–Kier alpha value is -1.45. The molecule has 0 aromatic carbocycles. The smallest absolute Gasteiger partial charge is 0.339 e. The van der Waals surface area contributed by atoms with Gasteiger partial charge in [0.25, 0.3) is 0 Å². The summed E-state index contributed by atoms with van der Waals surface area (Å²) in [6, 6.07) is 1.24. The van der Waals surface area contributed by atoms with Crippen molar-refractivity contribution < 1.29 is 13.9 Å². The highest BCUT2D eigenvalue weighted by molar-refractivity contribution is 5.88. The summed E-state index contributed by atoms with van der Waals surface area (Å²) in [5.74, 6) is 0.116. The van der Waals surface area contributed by atoms with Crippen LogP contribution in [0.5, 0.6) is 0 Å². The molecule has 1 spiro atoms. The molecule has 2 saturated carbocycles. The number of esters is 1. The summed E-state index contributed by atoms with van der Waals surface area (Å²) in [6.07, 6.45) is 6.03. The van der Waals surface area contributed by atoms with Gasteiger partial charge in [-0.3, -0.25) is 4.98 Å². The second-order valence-corrected chi connectivity index (χ2v) is 6.20. The van der Waals surface area contributed by atoms with Crippen LogP contribution in [0.3, 0.4) is 0 Å². The number of rotatable bonds is 2. The second-order valence-electron chi connectivity index (χ2n) is 6.20. The first kappa shape index (κ1) is 12.6. The SMILES string of the molecule is COC(=O)c1cnc(C2CC3(CC(C)C3)C2)c(F)c1. The van der Waals surface area contributed by atoms with Crippen LogP contribution in [0.15, 0.2) is 12.3 Å². The summed E-state index contributed by atoms with van der Waals surface area (Å²) in [5, 5.41) is 0. The van der Waals surface area contributed by atoms with Crippen molar-refractivity contribution >= 4 is 5.97 Å². The molecule has 0 atom stereocenters. The normalized spacial score (nSPS) is 32.6. The van der Waals surface area contributed by atoms with Crippen LogP contribution in [0, 0.1) is 17.2 Å². The lowest BCUT2D eigenvalue weighted by molar-refractivity contribution is -0.0361. The third-order valence-corrected chi connectivity index (χ3v) is 4.60. The zero-order chi connectivity index (χ0) is 13.6. The minimum Gasteiger partial charge on any atom is -0.465 e. The highest BCUT2D eigenvalue weighted by Gasteiger charge is 2.52. The third-order valence-electron chi connectivity index (χ3n) is 4.60. The molecule has 0 N–H and O–H groups in total. The van der Waals surface area contributed by atoms with E-state index in [1.54, 1.807) is 0 Å². The van der Waals surface area contributed by atoms with Gasteiger partial charge in [-0.2, -0.15) is 0 Å². The number of carbonyl (C=O) groups is 1. The molecule has 1 heterocycles. The number of hydrogen-bond donors (Lipinski definition) is 0. The van der Waals surface area contributed by atoms with Crippen LogP contribution in [-0.4, -0.2) is 18.1 Å². The van der Waals surface area contributed by atoms with Crippen molar-refractivity contribution in [1.29, 1.82) is 0 Å². The van der Waals surface area contributed by atoms with Gasteiger partial charge in [0.1, 0.15) is 5.82 Å². The summed E-state index contributed by atoms with van der Waals surface area (Å²) in [6.45, 7) is 2.27. The second kappa shape index (κ2) is 4.29. The topological polar surface area (TPSA) is 39.2 Å². The van der Waals surface area contributed by atoms with Crippen molar-refractivity contribution in [2.24, 2.45) is 11.3 Å². The molecular weight excluding hydrogens is 245 g/mol. The molecule has 0 amide bonds. The van der Waals surface area contributed by atoms with Gasteiger partial charge < -0.3 is 4.74 Å². The Labute approximate surface area is 112 Å². The first-order chi connectivity index (χ1) is 9.03. The lowest BCUT2D eigenvalue weighted by atomic mass is 9.48. The van der Waals surface area contributed by atoms with Crippen molar-refractivity contribution in [1.82, 2.24) is 4.98 Å². The molecule has 2 fully saturated rings. The van der Waals surface area contributed by atoms with Gasteiger partial charge in [0.15, 0.2) is 0 Å². The van der Waals surface area contributed by atoms with E-state index in [0.29, 0.717) is 11.1 Å². The fraction of sp³-hybridized carbons (Fsp3) is 0.600. The molecule has 102 valence electrons. The lowest BCUT2D eigenvalue weighted by Gasteiger charge is -2.57. The molecule has 0 radical (unpaired) electrons. The zero-order valence-corrected chi connectivity index (χ0v) is 11.3. The predicted molar refractivity (Wildman–Crippen MR) is 68.3 cm³/mol. The first-order valence-electron chi connectivity index (χ1n) is 6.77. The summed E-state index contributed by atoms with van der Waals surface area (Å²) in [5.41, 5.74) is 1.16. The zero-order valence-electron chi connectivity index (χ0n) is 11.3. The number of ether oxygens (including phenoxy) is 1. The molecule has 0 bridgehead atoms. The molecule has 3 nitrogen and oxygen atoms in total. The molecule has 3 rings (SSSR count). The molecule has 1 aromatic rings. The molecular formula is C15H18FNO2. The minimum atomic E-state index is -0.546. The van der Waals surface area contributed by atoms with Gasteiger partial charge in [-0.25, -0.2) is 9.18 Å². The largest absolute Gasteiger partial charge is 0.465 e. The maximum atomic E-state index is 14.0. The van der Waals surface area contributed by atoms with Gasteiger partial charge in [0.05, 0.1) is 18.4 Å². The van der Waals surface area contributed by atoms with E-state index in [2.05, 4.69) is 16.6 Å². The summed E-state index contributed by atoms with van der Waals surface area (Å²) < 4.78 is 18.6. The standard InChI is InChI=1S/C15H18FNO2/c1-9-4-15(5-9)6-11(7-15)13-12(16)3-10(8-17-13)14(18)19-2/h3,8-9,11H,4-7H2,1-2H3. The van der Waals surface area contributed by atoms with Gasteiger partial charge in [0.2, 0.25) is 0 Å². The van der Waals surface area contributed by atoms with E-state index in [1.807, 2.05) is 0 Å². The lowest BCUT2D eigenvalue weighted by Crippen LogP contribution is -2.46. The Balaban J connectivity index is 1.71. The van der Waals surface area contributed by atoms with Crippen LogP contribution in [0.4, 0.5) is 4.39 Å². The van der Waals surface area contributed by atoms with Gasteiger partial charge >= 0.3 is 5.97 Å². The number of pyridine rings is 1. The van der Waals surface area contributed by atoms with Crippen molar-refractivity contribution in [3.8, 4) is 0 Å². The Morgan fingerprint density at radius 1 is 1.42 bits per heavy atom. The van der Waals surface area contributed by atoms with Gasteiger partial charge in [-0.15, -0.1) is 0 Å². The number of carbonyl (C=O) groups excluding carboxylic acids is 1. The predicted octanol–water partition coefficient (Wildman–Crippen LogP) is 3.30. The van der Waals surface area contributed by atoms with Crippen molar-refractivity contribution in [3.63, 3.8) is 0 Å². The summed E-state index contributed by atoms with van der Waals surface area (Å²) in [7, 11) is 1.28. The Bertz CT molecular complexity index is 515. The fourth-order valence-electron chi connectivity index (χ4n) is 3.91. The van der Waals surface area contributed by atoms with E-state index in [4.69, 9.17) is 0 Å². The molecule has 4 heteroatoms.